The highest BCUT2D eigenvalue weighted by Gasteiger charge is 2.38. The lowest BCUT2D eigenvalue weighted by Gasteiger charge is -2.48. The summed E-state index contributed by atoms with van der Waals surface area (Å²) in [6, 6.07) is 0.736. The first-order chi connectivity index (χ1) is 9.88. The van der Waals surface area contributed by atoms with Crippen molar-refractivity contribution in [3.63, 3.8) is 0 Å². The monoisotopic (exact) mass is 296 g/mol. The summed E-state index contributed by atoms with van der Waals surface area (Å²) >= 11 is 0. The summed E-state index contributed by atoms with van der Waals surface area (Å²) in [5.74, 6) is 0.120. The summed E-state index contributed by atoms with van der Waals surface area (Å²) in [6.45, 7) is 12.1. The molecule has 1 saturated carbocycles. The van der Waals surface area contributed by atoms with E-state index in [1.165, 1.54) is 25.7 Å². The minimum atomic E-state index is -0.683. The Morgan fingerprint density at radius 3 is 2.29 bits per heavy atom. The van der Waals surface area contributed by atoms with Crippen molar-refractivity contribution in [2.75, 3.05) is 32.7 Å². The molecule has 4 heteroatoms. The summed E-state index contributed by atoms with van der Waals surface area (Å²) in [7, 11) is 0. The van der Waals surface area contributed by atoms with Crippen molar-refractivity contribution in [2.45, 2.75) is 58.9 Å². The van der Waals surface area contributed by atoms with E-state index in [4.69, 9.17) is 5.11 Å². The third-order valence-electron chi connectivity index (χ3n) is 5.36. The van der Waals surface area contributed by atoms with Gasteiger partial charge in [0.1, 0.15) is 0 Å². The molecule has 2 rings (SSSR count). The number of carbonyl (C=O) groups is 1. The highest BCUT2D eigenvalue weighted by atomic mass is 16.4. The number of carboxylic acid groups (broad SMARTS) is 1. The molecule has 0 spiro atoms. The molecule has 1 aliphatic heterocycles. The van der Waals surface area contributed by atoms with Gasteiger partial charge in [0.15, 0.2) is 0 Å². The number of aliphatic carboxylic acids is 1. The molecule has 2 aliphatic rings. The molecule has 0 aromatic rings. The van der Waals surface area contributed by atoms with Crippen LogP contribution in [0.3, 0.4) is 0 Å². The smallest absolute Gasteiger partial charge is 0.304 e. The van der Waals surface area contributed by atoms with Gasteiger partial charge < -0.3 is 10.0 Å². The summed E-state index contributed by atoms with van der Waals surface area (Å²) in [5, 5.41) is 8.79. The predicted octanol–water partition coefficient (Wildman–Crippen LogP) is 2.68. The van der Waals surface area contributed by atoms with E-state index in [-0.39, 0.29) is 6.42 Å². The Morgan fingerprint density at radius 2 is 1.71 bits per heavy atom. The van der Waals surface area contributed by atoms with Crippen LogP contribution in [0.25, 0.3) is 0 Å². The van der Waals surface area contributed by atoms with Crippen LogP contribution in [0.4, 0.5) is 0 Å². The van der Waals surface area contributed by atoms with Crippen LogP contribution >= 0.6 is 0 Å². The van der Waals surface area contributed by atoms with Crippen LogP contribution in [0, 0.1) is 11.3 Å². The van der Waals surface area contributed by atoms with Gasteiger partial charge in [0.2, 0.25) is 0 Å². The zero-order valence-corrected chi connectivity index (χ0v) is 14.0. The lowest BCUT2D eigenvalue weighted by atomic mass is 9.69. The maximum absolute atomic E-state index is 10.7. The summed E-state index contributed by atoms with van der Waals surface area (Å²) in [4.78, 5) is 15.7. The van der Waals surface area contributed by atoms with Crippen molar-refractivity contribution >= 4 is 5.97 Å². The third-order valence-corrected chi connectivity index (χ3v) is 5.36. The highest BCUT2D eigenvalue weighted by molar-refractivity contribution is 5.66. The van der Waals surface area contributed by atoms with Crippen LogP contribution in [-0.2, 0) is 4.79 Å². The van der Waals surface area contributed by atoms with Gasteiger partial charge in [0, 0.05) is 38.8 Å². The fourth-order valence-electron chi connectivity index (χ4n) is 4.13. The van der Waals surface area contributed by atoms with E-state index in [0.29, 0.717) is 12.0 Å². The van der Waals surface area contributed by atoms with Gasteiger partial charge >= 0.3 is 5.97 Å². The van der Waals surface area contributed by atoms with E-state index in [0.717, 1.165) is 38.1 Å². The van der Waals surface area contributed by atoms with Crippen molar-refractivity contribution in [3.05, 3.63) is 0 Å². The predicted molar refractivity (Wildman–Crippen MR) is 85.5 cm³/mol. The minimum Gasteiger partial charge on any atom is -0.481 e. The average Bonchev–Trinajstić information content (AvgIpc) is 2.45. The van der Waals surface area contributed by atoms with Crippen molar-refractivity contribution in [2.24, 2.45) is 11.3 Å². The second-order valence-electron chi connectivity index (χ2n) is 7.85. The first-order valence-electron chi connectivity index (χ1n) is 8.56. The SMILES string of the molecule is CC(C)(C)C1CCCCC1N1CCN(CCC(=O)O)CC1. The lowest BCUT2D eigenvalue weighted by molar-refractivity contribution is -0.137. The minimum absolute atomic E-state index is 0.272. The number of hydrogen-bond acceptors (Lipinski definition) is 3. The topological polar surface area (TPSA) is 43.8 Å². The third kappa shape index (κ3) is 4.68. The molecule has 122 valence electrons. The molecule has 2 unspecified atom stereocenters. The molecule has 0 aromatic carbocycles. The first kappa shape index (κ1) is 16.8. The van der Waals surface area contributed by atoms with Gasteiger partial charge in [-0.15, -0.1) is 0 Å². The molecule has 1 N–H and O–H groups in total. The Kier molecular flexibility index (Phi) is 5.67. The Labute approximate surface area is 129 Å². The Morgan fingerprint density at radius 1 is 1.10 bits per heavy atom. The fourth-order valence-corrected chi connectivity index (χ4v) is 4.13. The van der Waals surface area contributed by atoms with Gasteiger partial charge in [-0.1, -0.05) is 33.6 Å². The first-order valence-corrected chi connectivity index (χ1v) is 8.56. The standard InChI is InChI=1S/C17H32N2O2/c1-17(2,3)14-6-4-5-7-15(14)19-12-10-18(11-13-19)9-8-16(20)21/h14-15H,4-13H2,1-3H3,(H,20,21). The molecule has 21 heavy (non-hydrogen) atoms. The van der Waals surface area contributed by atoms with Crippen LogP contribution < -0.4 is 0 Å². The number of rotatable bonds is 4. The maximum Gasteiger partial charge on any atom is 0.304 e. The van der Waals surface area contributed by atoms with Crippen LogP contribution in [0.2, 0.25) is 0 Å². The van der Waals surface area contributed by atoms with Gasteiger partial charge in [-0.3, -0.25) is 9.69 Å². The number of carboxylic acids is 1. The van der Waals surface area contributed by atoms with Crippen molar-refractivity contribution < 1.29 is 9.90 Å². The largest absolute Gasteiger partial charge is 0.481 e. The van der Waals surface area contributed by atoms with Crippen LogP contribution in [-0.4, -0.2) is 59.6 Å². The molecule has 1 heterocycles. The molecule has 4 nitrogen and oxygen atoms in total. The van der Waals surface area contributed by atoms with Crippen LogP contribution in [0.15, 0.2) is 0 Å². The molecular weight excluding hydrogens is 264 g/mol. The number of piperazine rings is 1. The quantitative estimate of drug-likeness (QED) is 0.866. The molecule has 0 bridgehead atoms. The zero-order valence-electron chi connectivity index (χ0n) is 14.0. The van der Waals surface area contributed by atoms with Crippen molar-refractivity contribution in [3.8, 4) is 0 Å². The summed E-state index contributed by atoms with van der Waals surface area (Å²) < 4.78 is 0. The van der Waals surface area contributed by atoms with E-state index in [1.54, 1.807) is 0 Å². The van der Waals surface area contributed by atoms with Crippen LogP contribution in [0.1, 0.15) is 52.9 Å². The van der Waals surface area contributed by atoms with Gasteiger partial charge in [-0.2, -0.15) is 0 Å². The lowest BCUT2D eigenvalue weighted by Crippen LogP contribution is -2.55. The number of nitrogens with zero attached hydrogens (tertiary/aromatic N) is 2. The Hall–Kier alpha value is -0.610. The zero-order chi connectivity index (χ0) is 15.5. The van der Waals surface area contributed by atoms with E-state index in [9.17, 15) is 4.79 Å². The maximum atomic E-state index is 10.7. The van der Waals surface area contributed by atoms with Crippen molar-refractivity contribution in [1.82, 2.24) is 9.80 Å². The Balaban J connectivity index is 1.86. The molecular formula is C17H32N2O2. The molecule has 2 fully saturated rings. The number of hydrogen-bond donors (Lipinski definition) is 1. The van der Waals surface area contributed by atoms with E-state index >= 15 is 0 Å². The summed E-state index contributed by atoms with van der Waals surface area (Å²) in [6.07, 6.45) is 5.74. The fraction of sp³-hybridized carbons (Fsp3) is 0.941. The van der Waals surface area contributed by atoms with Gasteiger partial charge in [0.05, 0.1) is 6.42 Å². The van der Waals surface area contributed by atoms with E-state index in [1.807, 2.05) is 0 Å². The van der Waals surface area contributed by atoms with E-state index < -0.39 is 5.97 Å². The van der Waals surface area contributed by atoms with Gasteiger partial charge in [-0.25, -0.2) is 0 Å². The highest BCUT2D eigenvalue weighted by Crippen LogP contribution is 2.40. The molecule has 0 radical (unpaired) electrons. The molecule has 0 amide bonds. The van der Waals surface area contributed by atoms with Crippen molar-refractivity contribution in [1.29, 1.82) is 0 Å². The normalized spacial score (nSPS) is 29.5. The second kappa shape index (κ2) is 7.10. The molecule has 2 atom stereocenters. The molecule has 1 aliphatic carbocycles. The average molecular weight is 296 g/mol. The van der Waals surface area contributed by atoms with Gasteiger partial charge in [-0.05, 0) is 24.2 Å². The molecule has 1 saturated heterocycles. The summed E-state index contributed by atoms with van der Waals surface area (Å²) in [5.41, 5.74) is 0.394. The van der Waals surface area contributed by atoms with Gasteiger partial charge in [0.25, 0.3) is 0 Å². The van der Waals surface area contributed by atoms with Crippen LogP contribution in [0.5, 0.6) is 0 Å². The molecule has 0 aromatic heterocycles. The van der Waals surface area contributed by atoms with E-state index in [2.05, 4.69) is 30.6 Å². The Bertz CT molecular complexity index is 343. The second-order valence-corrected chi connectivity index (χ2v) is 7.85.